The van der Waals surface area contributed by atoms with Crippen molar-refractivity contribution in [2.45, 2.75) is 0 Å². The van der Waals surface area contributed by atoms with Crippen LogP contribution in [0.15, 0.2) is 54.6 Å². The van der Waals surface area contributed by atoms with Gasteiger partial charge in [0.05, 0.1) is 19.3 Å². The van der Waals surface area contributed by atoms with Gasteiger partial charge in [-0.2, -0.15) is 0 Å². The SMILES string of the molecule is COCCOC(=O)c1ccc(OC(=O)/C=C/c2ccc(OC)cc2)cc1. The molecule has 0 unspecified atom stereocenters. The minimum absolute atomic E-state index is 0.183. The summed E-state index contributed by atoms with van der Waals surface area (Å²) < 4.78 is 20.1. The maximum atomic E-state index is 11.9. The zero-order valence-electron chi connectivity index (χ0n) is 14.6. The fourth-order valence-corrected chi connectivity index (χ4v) is 1.99. The van der Waals surface area contributed by atoms with Crippen molar-refractivity contribution < 1.29 is 28.5 Å². The summed E-state index contributed by atoms with van der Waals surface area (Å²) in [5, 5.41) is 0. The minimum atomic E-state index is -0.517. The predicted octanol–water partition coefficient (Wildman–Crippen LogP) is 3.12. The van der Waals surface area contributed by atoms with Crippen molar-refractivity contribution in [3.8, 4) is 11.5 Å². The first-order valence-corrected chi connectivity index (χ1v) is 7.92. The van der Waals surface area contributed by atoms with E-state index in [4.69, 9.17) is 18.9 Å². The van der Waals surface area contributed by atoms with Crippen LogP contribution in [0.1, 0.15) is 15.9 Å². The van der Waals surface area contributed by atoms with Crippen molar-refractivity contribution in [1.82, 2.24) is 0 Å². The van der Waals surface area contributed by atoms with E-state index in [1.807, 2.05) is 12.1 Å². The summed E-state index contributed by atoms with van der Waals surface area (Å²) in [5.74, 6) is 0.101. The first kappa shape index (κ1) is 19.2. The molecular formula is C20H20O6. The number of methoxy groups -OCH3 is 2. The lowest BCUT2D eigenvalue weighted by Gasteiger charge is -2.05. The molecule has 0 aliphatic rings. The Hall–Kier alpha value is -3.12. The number of benzene rings is 2. The number of rotatable bonds is 8. The Balaban J connectivity index is 1.88. The highest BCUT2D eigenvalue weighted by atomic mass is 16.6. The topological polar surface area (TPSA) is 71.1 Å². The first-order chi connectivity index (χ1) is 12.6. The fraction of sp³-hybridized carbons (Fsp3) is 0.200. The normalized spacial score (nSPS) is 10.5. The Morgan fingerprint density at radius 1 is 0.885 bits per heavy atom. The third kappa shape index (κ3) is 6.07. The van der Waals surface area contributed by atoms with Crippen molar-refractivity contribution >= 4 is 18.0 Å². The number of carbonyl (C=O) groups excluding carboxylic acids is 2. The van der Waals surface area contributed by atoms with Crippen molar-refractivity contribution in [3.63, 3.8) is 0 Å². The highest BCUT2D eigenvalue weighted by Gasteiger charge is 2.08. The van der Waals surface area contributed by atoms with Crippen LogP contribution < -0.4 is 9.47 Å². The Bertz CT molecular complexity index is 747. The van der Waals surface area contributed by atoms with Crippen LogP contribution in [0.25, 0.3) is 6.08 Å². The van der Waals surface area contributed by atoms with Crippen molar-refractivity contribution in [2.24, 2.45) is 0 Å². The van der Waals surface area contributed by atoms with E-state index in [0.717, 1.165) is 11.3 Å². The maximum Gasteiger partial charge on any atom is 0.338 e. The quantitative estimate of drug-likeness (QED) is 0.313. The third-order valence-electron chi connectivity index (χ3n) is 3.36. The van der Waals surface area contributed by atoms with Crippen LogP contribution in [0.3, 0.4) is 0 Å². The molecule has 0 N–H and O–H groups in total. The van der Waals surface area contributed by atoms with Gasteiger partial charge in [-0.3, -0.25) is 0 Å². The van der Waals surface area contributed by atoms with E-state index in [1.54, 1.807) is 25.3 Å². The summed E-state index contributed by atoms with van der Waals surface area (Å²) >= 11 is 0. The monoisotopic (exact) mass is 356 g/mol. The molecule has 0 bridgehead atoms. The Labute approximate surface area is 151 Å². The maximum absolute atomic E-state index is 11.9. The van der Waals surface area contributed by atoms with Gasteiger partial charge < -0.3 is 18.9 Å². The zero-order chi connectivity index (χ0) is 18.8. The van der Waals surface area contributed by atoms with Crippen molar-refractivity contribution in [3.05, 3.63) is 65.7 Å². The molecule has 0 saturated heterocycles. The number of carbonyl (C=O) groups is 2. The van der Waals surface area contributed by atoms with E-state index >= 15 is 0 Å². The van der Waals surface area contributed by atoms with Gasteiger partial charge in [-0.25, -0.2) is 9.59 Å². The average molecular weight is 356 g/mol. The average Bonchev–Trinajstić information content (AvgIpc) is 2.67. The molecule has 2 rings (SSSR count). The molecule has 0 aliphatic carbocycles. The number of esters is 2. The third-order valence-corrected chi connectivity index (χ3v) is 3.36. The van der Waals surface area contributed by atoms with Crippen LogP contribution in [0.2, 0.25) is 0 Å². The van der Waals surface area contributed by atoms with Gasteiger partial charge in [-0.15, -0.1) is 0 Å². The molecule has 2 aromatic carbocycles. The lowest BCUT2D eigenvalue weighted by atomic mass is 10.2. The number of hydrogen-bond acceptors (Lipinski definition) is 6. The highest BCUT2D eigenvalue weighted by molar-refractivity contribution is 5.90. The molecule has 0 atom stereocenters. The molecular weight excluding hydrogens is 336 g/mol. The van der Waals surface area contributed by atoms with Gasteiger partial charge in [-0.1, -0.05) is 12.1 Å². The van der Waals surface area contributed by atoms with Crippen LogP contribution in [-0.4, -0.2) is 39.4 Å². The number of hydrogen-bond donors (Lipinski definition) is 0. The highest BCUT2D eigenvalue weighted by Crippen LogP contribution is 2.15. The standard InChI is InChI=1S/C20H20O6/c1-23-13-14-25-20(22)16-6-10-18(11-7-16)26-19(21)12-5-15-3-8-17(24-2)9-4-15/h3-12H,13-14H2,1-2H3/b12-5+. The second kappa shape index (κ2) is 10.0. The second-order valence-electron chi connectivity index (χ2n) is 5.18. The van der Waals surface area contributed by atoms with Gasteiger partial charge in [0.1, 0.15) is 18.1 Å². The summed E-state index contributed by atoms with van der Waals surface area (Å²) in [6.07, 6.45) is 2.97. The van der Waals surface area contributed by atoms with E-state index in [1.165, 1.54) is 37.5 Å². The Morgan fingerprint density at radius 3 is 2.15 bits per heavy atom. The van der Waals surface area contributed by atoms with Gasteiger partial charge in [0, 0.05) is 13.2 Å². The van der Waals surface area contributed by atoms with E-state index in [9.17, 15) is 9.59 Å². The summed E-state index contributed by atoms with van der Waals surface area (Å²) in [7, 11) is 3.12. The summed E-state index contributed by atoms with van der Waals surface area (Å²) in [5.41, 5.74) is 1.21. The second-order valence-corrected chi connectivity index (χ2v) is 5.18. The molecule has 0 aliphatic heterocycles. The van der Waals surface area contributed by atoms with Crippen molar-refractivity contribution in [2.75, 3.05) is 27.4 Å². The minimum Gasteiger partial charge on any atom is -0.497 e. The molecule has 6 heteroatoms. The smallest absolute Gasteiger partial charge is 0.338 e. The van der Waals surface area contributed by atoms with Gasteiger partial charge in [-0.05, 0) is 48.0 Å². The van der Waals surface area contributed by atoms with Crippen LogP contribution >= 0.6 is 0 Å². The van der Waals surface area contributed by atoms with Crippen LogP contribution in [-0.2, 0) is 14.3 Å². The molecule has 0 spiro atoms. The molecule has 0 saturated carbocycles. The predicted molar refractivity (Wildman–Crippen MR) is 96.3 cm³/mol. The van der Waals surface area contributed by atoms with E-state index < -0.39 is 11.9 Å². The van der Waals surface area contributed by atoms with Crippen LogP contribution in [0.5, 0.6) is 11.5 Å². The lowest BCUT2D eigenvalue weighted by Crippen LogP contribution is -2.10. The Morgan fingerprint density at radius 2 is 1.54 bits per heavy atom. The summed E-state index contributed by atoms with van der Waals surface area (Å²) in [6.45, 7) is 0.518. The molecule has 6 nitrogen and oxygen atoms in total. The summed E-state index contributed by atoms with van der Waals surface area (Å²) in [4.78, 5) is 23.6. The molecule has 0 radical (unpaired) electrons. The molecule has 136 valence electrons. The number of ether oxygens (including phenoxy) is 4. The lowest BCUT2D eigenvalue weighted by molar-refractivity contribution is -0.128. The van der Waals surface area contributed by atoms with Gasteiger partial charge in [0.2, 0.25) is 0 Å². The molecule has 2 aromatic rings. The summed E-state index contributed by atoms with van der Waals surface area (Å²) in [6, 6.07) is 13.4. The van der Waals surface area contributed by atoms with Gasteiger partial charge >= 0.3 is 11.9 Å². The molecule has 0 amide bonds. The Kier molecular flexibility index (Phi) is 7.39. The molecule has 0 aromatic heterocycles. The molecule has 0 fully saturated rings. The fourth-order valence-electron chi connectivity index (χ4n) is 1.99. The largest absolute Gasteiger partial charge is 0.497 e. The first-order valence-electron chi connectivity index (χ1n) is 7.92. The molecule has 26 heavy (non-hydrogen) atoms. The van der Waals surface area contributed by atoms with Crippen molar-refractivity contribution in [1.29, 1.82) is 0 Å². The van der Waals surface area contributed by atoms with E-state index in [2.05, 4.69) is 0 Å². The van der Waals surface area contributed by atoms with Crippen LogP contribution in [0.4, 0.5) is 0 Å². The van der Waals surface area contributed by atoms with Gasteiger partial charge in [0.15, 0.2) is 0 Å². The van der Waals surface area contributed by atoms with Crippen LogP contribution in [0, 0.1) is 0 Å². The van der Waals surface area contributed by atoms with E-state index in [-0.39, 0.29) is 6.61 Å². The zero-order valence-corrected chi connectivity index (χ0v) is 14.6. The van der Waals surface area contributed by atoms with Gasteiger partial charge in [0.25, 0.3) is 0 Å². The van der Waals surface area contributed by atoms with E-state index in [0.29, 0.717) is 17.9 Å². The molecule has 0 heterocycles.